The van der Waals surface area contributed by atoms with Gasteiger partial charge in [-0.05, 0) is 19.3 Å². The van der Waals surface area contributed by atoms with Gasteiger partial charge in [-0.1, -0.05) is 103 Å². The lowest BCUT2D eigenvalue weighted by atomic mass is 10.0. The van der Waals surface area contributed by atoms with Crippen LogP contribution in [0.3, 0.4) is 0 Å². The Balaban J connectivity index is 1.66. The Kier molecular flexibility index (Phi) is 16.5. The summed E-state index contributed by atoms with van der Waals surface area (Å²) in [4.78, 5) is 11.0. The van der Waals surface area contributed by atoms with E-state index >= 15 is 0 Å². The first-order valence-electron chi connectivity index (χ1n) is 12.0. The minimum atomic E-state index is -0.0621. The molecular weight excluding hydrogens is 352 g/mol. The van der Waals surface area contributed by atoms with Crippen LogP contribution in [0, 0.1) is 0 Å². The number of esters is 1. The van der Waals surface area contributed by atoms with Crippen LogP contribution < -0.4 is 0 Å². The molecule has 0 aliphatic carbocycles. The summed E-state index contributed by atoms with van der Waals surface area (Å²) < 4.78 is 4.66. The van der Waals surface area contributed by atoms with Crippen LogP contribution in [0.25, 0.3) is 0 Å². The molecule has 1 saturated heterocycles. The van der Waals surface area contributed by atoms with Crippen LogP contribution in [-0.4, -0.2) is 23.6 Å². The molecule has 0 aromatic carbocycles. The van der Waals surface area contributed by atoms with Gasteiger partial charge in [0.05, 0.1) is 7.11 Å². The van der Waals surface area contributed by atoms with E-state index in [0.29, 0.717) is 6.42 Å². The van der Waals surface area contributed by atoms with Gasteiger partial charge >= 0.3 is 5.97 Å². The standard InChI is InChI=1S/C24H46O2S/c1-3-4-19-22-23(27-22)20-17-15-13-11-9-7-5-6-8-10-12-14-16-18-21-24(25)26-2/h22-23H,3-21H2,1-2H3. The number of carbonyl (C=O) groups excluding carboxylic acids is 1. The maximum atomic E-state index is 11.0. The van der Waals surface area contributed by atoms with Gasteiger partial charge in [-0.2, -0.15) is 11.8 Å². The first kappa shape index (κ1) is 24.9. The van der Waals surface area contributed by atoms with Crippen LogP contribution >= 0.6 is 11.8 Å². The van der Waals surface area contributed by atoms with Gasteiger partial charge in [0.1, 0.15) is 0 Å². The second-order valence-electron chi connectivity index (χ2n) is 8.42. The van der Waals surface area contributed by atoms with Gasteiger partial charge in [-0.25, -0.2) is 0 Å². The third kappa shape index (κ3) is 15.4. The molecule has 0 aromatic heterocycles. The Labute approximate surface area is 174 Å². The van der Waals surface area contributed by atoms with Crippen LogP contribution in [0.1, 0.15) is 129 Å². The average Bonchev–Trinajstić information content (AvgIpc) is 3.43. The predicted octanol–water partition coefficient (Wildman–Crippen LogP) is 8.08. The molecule has 0 bridgehead atoms. The summed E-state index contributed by atoms with van der Waals surface area (Å²) >= 11 is 2.25. The highest BCUT2D eigenvalue weighted by atomic mass is 32.2. The Hall–Kier alpha value is -0.180. The lowest BCUT2D eigenvalue weighted by Crippen LogP contribution is -1.99. The van der Waals surface area contributed by atoms with E-state index in [1.54, 1.807) is 0 Å². The highest BCUT2D eigenvalue weighted by Crippen LogP contribution is 2.47. The van der Waals surface area contributed by atoms with Crippen LogP contribution in [-0.2, 0) is 9.53 Å². The van der Waals surface area contributed by atoms with Gasteiger partial charge in [-0.3, -0.25) is 4.79 Å². The van der Waals surface area contributed by atoms with E-state index in [-0.39, 0.29) is 5.97 Å². The zero-order valence-corrected chi connectivity index (χ0v) is 19.1. The number of hydrogen-bond donors (Lipinski definition) is 0. The van der Waals surface area contributed by atoms with E-state index in [9.17, 15) is 4.79 Å². The molecule has 1 heterocycles. The fraction of sp³-hybridized carbons (Fsp3) is 0.958. The molecule has 1 aliphatic heterocycles. The molecule has 0 spiro atoms. The second kappa shape index (κ2) is 17.9. The van der Waals surface area contributed by atoms with Crippen LogP contribution in [0.5, 0.6) is 0 Å². The number of rotatable bonds is 20. The molecule has 0 N–H and O–H groups in total. The van der Waals surface area contributed by atoms with E-state index in [1.165, 1.54) is 116 Å². The second-order valence-corrected chi connectivity index (χ2v) is 9.90. The Morgan fingerprint density at radius 3 is 1.52 bits per heavy atom. The van der Waals surface area contributed by atoms with Gasteiger partial charge < -0.3 is 4.74 Å². The monoisotopic (exact) mass is 398 g/mol. The summed E-state index contributed by atoms with van der Waals surface area (Å²) in [7, 11) is 1.47. The summed E-state index contributed by atoms with van der Waals surface area (Å²) in [6.07, 6.45) is 25.5. The van der Waals surface area contributed by atoms with Crippen molar-refractivity contribution in [1.29, 1.82) is 0 Å². The van der Waals surface area contributed by atoms with Crippen molar-refractivity contribution in [2.24, 2.45) is 0 Å². The van der Waals surface area contributed by atoms with Crippen molar-refractivity contribution >= 4 is 17.7 Å². The summed E-state index contributed by atoms with van der Waals surface area (Å²) in [6, 6.07) is 0. The smallest absolute Gasteiger partial charge is 0.305 e. The number of carbonyl (C=O) groups is 1. The number of ether oxygens (including phenoxy) is 1. The van der Waals surface area contributed by atoms with Crippen LogP contribution in [0.4, 0.5) is 0 Å². The fourth-order valence-electron chi connectivity index (χ4n) is 3.93. The molecule has 1 rings (SSSR count). The quantitative estimate of drug-likeness (QED) is 0.118. The van der Waals surface area contributed by atoms with E-state index < -0.39 is 0 Å². The zero-order valence-electron chi connectivity index (χ0n) is 18.3. The molecule has 160 valence electrons. The van der Waals surface area contributed by atoms with E-state index in [0.717, 1.165) is 16.9 Å². The SMILES string of the molecule is CCCCC1SC1CCCCCCCCCCCCCCCCC(=O)OC. The molecule has 0 radical (unpaired) electrons. The Morgan fingerprint density at radius 1 is 0.667 bits per heavy atom. The van der Waals surface area contributed by atoms with Crippen molar-refractivity contribution in [2.75, 3.05) is 7.11 Å². The van der Waals surface area contributed by atoms with E-state index in [2.05, 4.69) is 23.4 Å². The molecular formula is C24H46O2S. The molecule has 27 heavy (non-hydrogen) atoms. The summed E-state index contributed by atoms with van der Waals surface area (Å²) in [5.74, 6) is -0.0621. The van der Waals surface area contributed by atoms with Crippen molar-refractivity contribution in [3.05, 3.63) is 0 Å². The lowest BCUT2D eigenvalue weighted by Gasteiger charge is -2.03. The number of thioether (sulfide) groups is 1. The van der Waals surface area contributed by atoms with Gasteiger partial charge in [0.25, 0.3) is 0 Å². The molecule has 2 atom stereocenters. The minimum Gasteiger partial charge on any atom is -0.469 e. The number of unbranched alkanes of at least 4 members (excludes halogenated alkanes) is 14. The third-order valence-corrected chi connectivity index (χ3v) is 7.39. The van der Waals surface area contributed by atoms with Crippen molar-refractivity contribution in [1.82, 2.24) is 0 Å². The number of hydrogen-bond acceptors (Lipinski definition) is 3. The topological polar surface area (TPSA) is 26.3 Å². The Bertz CT molecular complexity index is 345. The van der Waals surface area contributed by atoms with Gasteiger partial charge in [0.2, 0.25) is 0 Å². The molecule has 2 unspecified atom stereocenters. The first-order chi connectivity index (χ1) is 13.3. The summed E-state index contributed by atoms with van der Waals surface area (Å²) in [5, 5.41) is 2.06. The maximum Gasteiger partial charge on any atom is 0.305 e. The van der Waals surface area contributed by atoms with Gasteiger partial charge in [0.15, 0.2) is 0 Å². The summed E-state index contributed by atoms with van der Waals surface area (Å²) in [6.45, 7) is 2.31. The molecule has 3 heteroatoms. The van der Waals surface area contributed by atoms with Crippen molar-refractivity contribution < 1.29 is 9.53 Å². The van der Waals surface area contributed by atoms with Crippen LogP contribution in [0.2, 0.25) is 0 Å². The number of methoxy groups -OCH3 is 1. The molecule has 0 saturated carbocycles. The fourth-order valence-corrected chi connectivity index (χ4v) is 5.17. The maximum absolute atomic E-state index is 11.0. The molecule has 1 fully saturated rings. The predicted molar refractivity (Wildman–Crippen MR) is 121 cm³/mol. The highest BCUT2D eigenvalue weighted by molar-refractivity contribution is 8.07. The molecule has 0 aromatic rings. The molecule has 1 aliphatic rings. The molecule has 0 amide bonds. The van der Waals surface area contributed by atoms with E-state index in [1.807, 2.05) is 0 Å². The van der Waals surface area contributed by atoms with Crippen molar-refractivity contribution in [3.63, 3.8) is 0 Å². The minimum absolute atomic E-state index is 0.0621. The van der Waals surface area contributed by atoms with Gasteiger partial charge in [-0.15, -0.1) is 0 Å². The largest absolute Gasteiger partial charge is 0.469 e. The third-order valence-electron chi connectivity index (χ3n) is 5.88. The normalized spacial score (nSPS) is 18.6. The van der Waals surface area contributed by atoms with Gasteiger partial charge in [0, 0.05) is 16.9 Å². The van der Waals surface area contributed by atoms with Crippen molar-refractivity contribution in [3.8, 4) is 0 Å². The summed E-state index contributed by atoms with van der Waals surface area (Å²) in [5.41, 5.74) is 0. The first-order valence-corrected chi connectivity index (χ1v) is 12.9. The van der Waals surface area contributed by atoms with Crippen molar-refractivity contribution in [2.45, 2.75) is 139 Å². The lowest BCUT2D eigenvalue weighted by molar-refractivity contribution is -0.140. The van der Waals surface area contributed by atoms with Crippen LogP contribution in [0.15, 0.2) is 0 Å². The molecule has 2 nitrogen and oxygen atoms in total. The average molecular weight is 399 g/mol. The zero-order chi connectivity index (χ0) is 19.6. The Morgan fingerprint density at radius 2 is 1.07 bits per heavy atom. The highest BCUT2D eigenvalue weighted by Gasteiger charge is 2.36. The van der Waals surface area contributed by atoms with E-state index in [4.69, 9.17) is 0 Å².